The third-order valence-corrected chi connectivity index (χ3v) is 6.86. The Bertz CT molecular complexity index is 1180. The molecule has 0 amide bonds. The quantitative estimate of drug-likeness (QED) is 0.375. The highest BCUT2D eigenvalue weighted by atomic mass is 16.6. The molecule has 2 aromatic carbocycles. The molecular weight excluding hydrogens is 462 g/mol. The van der Waals surface area contributed by atoms with Gasteiger partial charge in [0.25, 0.3) is 0 Å². The largest absolute Gasteiger partial charge is 0.468 e. The summed E-state index contributed by atoms with van der Waals surface area (Å²) in [6, 6.07) is 14.5. The summed E-state index contributed by atoms with van der Waals surface area (Å²) in [5, 5.41) is 2.03. The van der Waals surface area contributed by atoms with Gasteiger partial charge in [0, 0.05) is 17.3 Å². The SMILES string of the molecule is CCOC(=O)C(CN1CCC(COC(=O)n2c3ccccc3c3ccccc32)CC1)C(N)C(=O)OC. The molecule has 1 fully saturated rings. The lowest BCUT2D eigenvalue weighted by molar-refractivity contribution is -0.156. The fourth-order valence-electron chi connectivity index (χ4n) is 4.87. The van der Waals surface area contributed by atoms with E-state index in [0.29, 0.717) is 26.2 Å². The van der Waals surface area contributed by atoms with E-state index in [-0.39, 0.29) is 18.6 Å². The second-order valence-corrected chi connectivity index (χ2v) is 9.10. The molecule has 1 aliphatic rings. The van der Waals surface area contributed by atoms with Crippen molar-refractivity contribution >= 4 is 39.8 Å². The molecule has 2 N–H and O–H groups in total. The molecule has 0 bridgehead atoms. The molecule has 1 aliphatic heterocycles. The third-order valence-electron chi connectivity index (χ3n) is 6.86. The number of benzene rings is 2. The average molecular weight is 496 g/mol. The Morgan fingerprint density at radius 2 is 1.53 bits per heavy atom. The van der Waals surface area contributed by atoms with Gasteiger partial charge in [-0.3, -0.25) is 9.59 Å². The van der Waals surface area contributed by atoms with Gasteiger partial charge in [-0.25, -0.2) is 9.36 Å². The molecule has 2 atom stereocenters. The number of aromatic nitrogens is 1. The number of para-hydroxylation sites is 2. The maximum atomic E-state index is 13.1. The Morgan fingerprint density at radius 1 is 0.944 bits per heavy atom. The monoisotopic (exact) mass is 495 g/mol. The zero-order valence-electron chi connectivity index (χ0n) is 20.7. The van der Waals surface area contributed by atoms with Crippen LogP contribution in [0.15, 0.2) is 48.5 Å². The Kier molecular flexibility index (Phi) is 8.22. The number of nitrogens with zero attached hydrogens (tertiary/aromatic N) is 2. The number of methoxy groups -OCH3 is 1. The number of likely N-dealkylation sites (tertiary alicyclic amines) is 1. The number of ether oxygens (including phenoxy) is 3. The van der Waals surface area contributed by atoms with Crippen molar-refractivity contribution in [2.75, 3.05) is 40.0 Å². The third kappa shape index (κ3) is 5.37. The smallest absolute Gasteiger partial charge is 0.418 e. The number of hydrogen-bond donors (Lipinski definition) is 1. The van der Waals surface area contributed by atoms with Crippen LogP contribution in [0.2, 0.25) is 0 Å². The van der Waals surface area contributed by atoms with Gasteiger partial charge < -0.3 is 24.8 Å². The van der Waals surface area contributed by atoms with E-state index in [9.17, 15) is 14.4 Å². The van der Waals surface area contributed by atoms with E-state index in [4.69, 9.17) is 19.9 Å². The molecule has 3 aromatic rings. The molecule has 1 aromatic heterocycles. The van der Waals surface area contributed by atoms with Crippen LogP contribution in [0.4, 0.5) is 4.79 Å². The van der Waals surface area contributed by atoms with Gasteiger partial charge in [-0.15, -0.1) is 0 Å². The molecule has 0 aliphatic carbocycles. The number of nitrogens with two attached hydrogens (primary N) is 1. The van der Waals surface area contributed by atoms with Crippen LogP contribution in [0.5, 0.6) is 0 Å². The summed E-state index contributed by atoms with van der Waals surface area (Å²) in [5.74, 6) is -1.74. The highest BCUT2D eigenvalue weighted by Gasteiger charge is 2.35. The van der Waals surface area contributed by atoms with E-state index >= 15 is 0 Å². The first-order chi connectivity index (χ1) is 17.4. The van der Waals surface area contributed by atoms with Crippen LogP contribution in [-0.4, -0.2) is 73.5 Å². The van der Waals surface area contributed by atoms with Crippen molar-refractivity contribution in [3.8, 4) is 0 Å². The van der Waals surface area contributed by atoms with E-state index in [0.717, 1.165) is 34.6 Å². The van der Waals surface area contributed by atoms with Gasteiger partial charge in [-0.1, -0.05) is 36.4 Å². The summed E-state index contributed by atoms with van der Waals surface area (Å²) < 4.78 is 17.3. The van der Waals surface area contributed by atoms with Crippen molar-refractivity contribution in [3.63, 3.8) is 0 Å². The normalized spacial score (nSPS) is 16.5. The molecule has 0 saturated carbocycles. The maximum absolute atomic E-state index is 13.1. The summed E-state index contributed by atoms with van der Waals surface area (Å²) in [6.45, 7) is 3.94. The van der Waals surface area contributed by atoms with Crippen LogP contribution in [0.3, 0.4) is 0 Å². The molecule has 1 saturated heterocycles. The first-order valence-electron chi connectivity index (χ1n) is 12.3. The van der Waals surface area contributed by atoms with Crippen molar-refractivity contribution in [2.45, 2.75) is 25.8 Å². The predicted octanol–water partition coefficient (Wildman–Crippen LogP) is 3.17. The van der Waals surface area contributed by atoms with Crippen molar-refractivity contribution in [1.82, 2.24) is 9.47 Å². The molecule has 0 spiro atoms. The van der Waals surface area contributed by atoms with Crippen LogP contribution in [0.1, 0.15) is 19.8 Å². The molecule has 192 valence electrons. The van der Waals surface area contributed by atoms with Crippen molar-refractivity contribution < 1.29 is 28.6 Å². The second kappa shape index (κ2) is 11.5. The molecular formula is C27H33N3O6. The van der Waals surface area contributed by atoms with Crippen molar-refractivity contribution in [3.05, 3.63) is 48.5 Å². The molecule has 2 heterocycles. The van der Waals surface area contributed by atoms with Gasteiger partial charge in [0.1, 0.15) is 6.04 Å². The number of rotatable bonds is 8. The van der Waals surface area contributed by atoms with Gasteiger partial charge in [-0.2, -0.15) is 0 Å². The molecule has 36 heavy (non-hydrogen) atoms. The summed E-state index contributed by atoms with van der Waals surface area (Å²) in [5.41, 5.74) is 7.64. The van der Waals surface area contributed by atoms with Gasteiger partial charge in [-0.05, 0) is 50.9 Å². The number of carbonyl (C=O) groups is 3. The van der Waals surface area contributed by atoms with E-state index in [1.807, 2.05) is 48.5 Å². The van der Waals surface area contributed by atoms with Gasteiger partial charge in [0.2, 0.25) is 0 Å². The number of hydrogen-bond acceptors (Lipinski definition) is 8. The fourth-order valence-corrected chi connectivity index (χ4v) is 4.87. The number of fused-ring (bicyclic) bond motifs is 3. The van der Waals surface area contributed by atoms with E-state index in [1.165, 1.54) is 7.11 Å². The van der Waals surface area contributed by atoms with Crippen LogP contribution < -0.4 is 5.73 Å². The lowest BCUT2D eigenvalue weighted by Crippen LogP contribution is -2.50. The lowest BCUT2D eigenvalue weighted by atomic mass is 9.94. The van der Waals surface area contributed by atoms with Crippen molar-refractivity contribution in [1.29, 1.82) is 0 Å². The zero-order valence-corrected chi connectivity index (χ0v) is 20.7. The summed E-state index contributed by atoms with van der Waals surface area (Å²) in [4.78, 5) is 39.6. The minimum absolute atomic E-state index is 0.202. The van der Waals surface area contributed by atoms with Crippen LogP contribution in [0.25, 0.3) is 21.8 Å². The summed E-state index contributed by atoms with van der Waals surface area (Å²) >= 11 is 0. The average Bonchev–Trinajstić information content (AvgIpc) is 3.25. The summed E-state index contributed by atoms with van der Waals surface area (Å²) in [7, 11) is 1.25. The molecule has 4 rings (SSSR count). The first kappa shape index (κ1) is 25.7. The highest BCUT2D eigenvalue weighted by Crippen LogP contribution is 2.29. The topological polar surface area (TPSA) is 113 Å². The molecule has 9 nitrogen and oxygen atoms in total. The van der Waals surface area contributed by atoms with Gasteiger partial charge in [0.15, 0.2) is 0 Å². The zero-order chi connectivity index (χ0) is 25.7. The maximum Gasteiger partial charge on any atom is 0.418 e. The van der Waals surface area contributed by atoms with Crippen LogP contribution >= 0.6 is 0 Å². The second-order valence-electron chi connectivity index (χ2n) is 9.10. The predicted molar refractivity (Wildman–Crippen MR) is 135 cm³/mol. The van der Waals surface area contributed by atoms with E-state index < -0.39 is 23.9 Å². The fraction of sp³-hybridized carbons (Fsp3) is 0.444. The van der Waals surface area contributed by atoms with Crippen LogP contribution in [0, 0.1) is 11.8 Å². The molecule has 0 radical (unpaired) electrons. The van der Waals surface area contributed by atoms with E-state index in [1.54, 1.807) is 11.5 Å². The highest BCUT2D eigenvalue weighted by molar-refractivity contribution is 6.12. The Balaban J connectivity index is 1.35. The minimum Gasteiger partial charge on any atom is -0.468 e. The van der Waals surface area contributed by atoms with Crippen LogP contribution in [-0.2, 0) is 23.8 Å². The lowest BCUT2D eigenvalue weighted by Gasteiger charge is -2.34. The van der Waals surface area contributed by atoms with E-state index in [2.05, 4.69) is 4.90 Å². The number of esters is 2. The number of piperidine rings is 1. The first-order valence-corrected chi connectivity index (χ1v) is 12.3. The minimum atomic E-state index is -1.08. The van der Waals surface area contributed by atoms with Gasteiger partial charge >= 0.3 is 18.0 Å². The van der Waals surface area contributed by atoms with Gasteiger partial charge in [0.05, 0.1) is 37.3 Å². The Morgan fingerprint density at radius 3 is 2.08 bits per heavy atom. The Hall–Kier alpha value is -3.43. The standard InChI is InChI=1S/C27H33N3O6/c1-3-35-25(31)21(24(28)26(32)34-2)16-29-14-12-18(13-15-29)17-36-27(33)30-22-10-6-4-8-19(22)20-9-5-7-11-23(20)30/h4-11,18,21,24H,3,12-17,28H2,1-2H3. The Labute approximate surface area is 210 Å². The molecule has 2 unspecified atom stereocenters. The molecule has 9 heteroatoms. The number of carbonyl (C=O) groups excluding carboxylic acids is 3. The van der Waals surface area contributed by atoms with Crippen molar-refractivity contribution in [2.24, 2.45) is 17.6 Å². The summed E-state index contributed by atoms with van der Waals surface area (Å²) in [6.07, 6.45) is 1.20.